The zero-order valence-electron chi connectivity index (χ0n) is 15.0. The molecule has 2 aromatic rings. The number of hydrogen-bond donors (Lipinski definition) is 1. The van der Waals surface area contributed by atoms with Crippen molar-refractivity contribution >= 4 is 17.2 Å². The van der Waals surface area contributed by atoms with E-state index in [-0.39, 0.29) is 5.91 Å². The first-order valence-corrected chi connectivity index (χ1v) is 9.70. The molecule has 0 unspecified atom stereocenters. The summed E-state index contributed by atoms with van der Waals surface area (Å²) >= 11 is 1.66. The fourth-order valence-electron chi connectivity index (χ4n) is 3.13. The highest BCUT2D eigenvalue weighted by Gasteiger charge is 2.17. The summed E-state index contributed by atoms with van der Waals surface area (Å²) in [6.45, 7) is 4.83. The summed E-state index contributed by atoms with van der Waals surface area (Å²) in [6.07, 6.45) is 7.56. The molecule has 1 fully saturated rings. The molecule has 5 nitrogen and oxygen atoms in total. The van der Waals surface area contributed by atoms with Gasteiger partial charge in [-0.2, -0.15) is 0 Å². The maximum absolute atomic E-state index is 12.0. The van der Waals surface area contributed by atoms with Crippen LogP contribution in [0.5, 0.6) is 0 Å². The number of aromatic nitrogens is 2. The van der Waals surface area contributed by atoms with E-state index in [2.05, 4.69) is 34.2 Å². The van der Waals surface area contributed by atoms with E-state index < -0.39 is 0 Å². The number of rotatable bonds is 6. The van der Waals surface area contributed by atoms with Gasteiger partial charge in [0.15, 0.2) is 0 Å². The Balaban J connectivity index is 1.43. The van der Waals surface area contributed by atoms with Gasteiger partial charge in [0, 0.05) is 16.0 Å². The van der Waals surface area contributed by atoms with Crippen LogP contribution in [-0.2, 0) is 24.2 Å². The third-order valence-electron chi connectivity index (χ3n) is 4.69. The molecule has 6 heteroatoms. The highest BCUT2D eigenvalue weighted by Crippen LogP contribution is 2.19. The van der Waals surface area contributed by atoms with Crippen LogP contribution in [0.4, 0.5) is 0 Å². The molecule has 0 radical (unpaired) electrons. The molecule has 2 aromatic heterocycles. The lowest BCUT2D eigenvalue weighted by Crippen LogP contribution is -2.31. The molecule has 1 amide bonds. The minimum Gasteiger partial charge on any atom is -0.350 e. The minimum absolute atomic E-state index is 0.0269. The van der Waals surface area contributed by atoms with E-state index in [0.29, 0.717) is 18.9 Å². The summed E-state index contributed by atoms with van der Waals surface area (Å²) in [6, 6.07) is 4.05. The lowest BCUT2D eigenvalue weighted by molar-refractivity contribution is -0.120. The fourth-order valence-corrected chi connectivity index (χ4v) is 4.02. The molecule has 1 aliphatic rings. The Labute approximate surface area is 153 Å². The lowest BCUT2D eigenvalue weighted by atomic mass is 9.92. The summed E-state index contributed by atoms with van der Waals surface area (Å²) in [5, 5.41) is 2.92. The second-order valence-electron chi connectivity index (χ2n) is 6.92. The van der Waals surface area contributed by atoms with Crippen molar-refractivity contribution < 1.29 is 4.79 Å². The average molecular weight is 359 g/mol. The first kappa shape index (κ1) is 18.0. The molecule has 0 bridgehead atoms. The van der Waals surface area contributed by atoms with Crippen molar-refractivity contribution in [1.29, 1.82) is 0 Å². The highest BCUT2D eigenvalue weighted by molar-refractivity contribution is 7.12. The van der Waals surface area contributed by atoms with E-state index in [0.717, 1.165) is 22.7 Å². The van der Waals surface area contributed by atoms with Gasteiger partial charge in [-0.3, -0.25) is 14.8 Å². The SMILES string of the molecule is Cc1ccc(CC(=O)NCc2cnc(CC3CCN(C)CC3)cn2)s1. The number of nitrogens with zero attached hydrogens (tertiary/aromatic N) is 3. The molecule has 0 aliphatic carbocycles. The molecule has 0 saturated carbocycles. The van der Waals surface area contributed by atoms with Crippen LogP contribution >= 0.6 is 11.3 Å². The maximum Gasteiger partial charge on any atom is 0.225 e. The number of carbonyl (C=O) groups excluding carboxylic acids is 1. The molecule has 1 aliphatic heterocycles. The van der Waals surface area contributed by atoms with Crippen molar-refractivity contribution in [2.45, 2.75) is 39.2 Å². The monoisotopic (exact) mass is 358 g/mol. The van der Waals surface area contributed by atoms with Gasteiger partial charge in [-0.25, -0.2) is 0 Å². The molecule has 25 heavy (non-hydrogen) atoms. The number of nitrogens with one attached hydrogen (secondary N) is 1. The van der Waals surface area contributed by atoms with E-state index in [1.165, 1.54) is 30.8 Å². The number of amides is 1. The van der Waals surface area contributed by atoms with Gasteiger partial charge in [0.25, 0.3) is 0 Å². The second kappa shape index (κ2) is 8.54. The van der Waals surface area contributed by atoms with Crippen LogP contribution in [-0.4, -0.2) is 40.9 Å². The van der Waals surface area contributed by atoms with Crippen LogP contribution in [0, 0.1) is 12.8 Å². The molecule has 3 rings (SSSR count). The summed E-state index contributed by atoms with van der Waals surface area (Å²) in [7, 11) is 2.18. The molecule has 0 spiro atoms. The zero-order valence-corrected chi connectivity index (χ0v) is 15.8. The summed E-state index contributed by atoms with van der Waals surface area (Å²) in [5.74, 6) is 0.740. The first-order chi connectivity index (χ1) is 12.1. The Morgan fingerprint density at radius 2 is 1.96 bits per heavy atom. The molecule has 134 valence electrons. The van der Waals surface area contributed by atoms with Crippen molar-refractivity contribution in [3.8, 4) is 0 Å². The Morgan fingerprint density at radius 1 is 1.24 bits per heavy atom. The largest absolute Gasteiger partial charge is 0.350 e. The summed E-state index contributed by atoms with van der Waals surface area (Å²) < 4.78 is 0. The van der Waals surface area contributed by atoms with Gasteiger partial charge in [0.2, 0.25) is 5.91 Å². The van der Waals surface area contributed by atoms with Crippen LogP contribution in [0.25, 0.3) is 0 Å². The molecule has 1 N–H and O–H groups in total. The second-order valence-corrected chi connectivity index (χ2v) is 8.29. The summed E-state index contributed by atoms with van der Waals surface area (Å²) in [5.41, 5.74) is 1.86. The van der Waals surface area contributed by atoms with Crippen molar-refractivity contribution in [3.63, 3.8) is 0 Å². The number of aryl methyl sites for hydroxylation is 1. The normalized spacial score (nSPS) is 16.1. The number of carbonyl (C=O) groups is 1. The van der Waals surface area contributed by atoms with E-state index in [9.17, 15) is 4.79 Å². The summed E-state index contributed by atoms with van der Waals surface area (Å²) in [4.78, 5) is 25.7. The zero-order chi connectivity index (χ0) is 17.6. The van der Waals surface area contributed by atoms with Gasteiger partial charge in [-0.05, 0) is 64.4 Å². The van der Waals surface area contributed by atoms with Gasteiger partial charge in [-0.1, -0.05) is 0 Å². The van der Waals surface area contributed by atoms with Crippen molar-refractivity contribution in [3.05, 3.63) is 45.7 Å². The Kier molecular flexibility index (Phi) is 6.15. The first-order valence-electron chi connectivity index (χ1n) is 8.89. The van der Waals surface area contributed by atoms with Gasteiger partial charge < -0.3 is 10.2 Å². The number of thiophene rings is 1. The molecule has 3 heterocycles. The van der Waals surface area contributed by atoms with Crippen LogP contribution in [0.2, 0.25) is 0 Å². The van der Waals surface area contributed by atoms with Crippen LogP contribution in [0.15, 0.2) is 24.5 Å². The van der Waals surface area contributed by atoms with Gasteiger partial charge >= 0.3 is 0 Å². The van der Waals surface area contributed by atoms with E-state index in [4.69, 9.17) is 0 Å². The van der Waals surface area contributed by atoms with Gasteiger partial charge in [-0.15, -0.1) is 11.3 Å². The van der Waals surface area contributed by atoms with E-state index >= 15 is 0 Å². The van der Waals surface area contributed by atoms with Crippen molar-refractivity contribution in [1.82, 2.24) is 20.2 Å². The topological polar surface area (TPSA) is 58.1 Å². The van der Waals surface area contributed by atoms with Crippen molar-refractivity contribution in [2.75, 3.05) is 20.1 Å². The molecular formula is C19H26N4OS. The van der Waals surface area contributed by atoms with Gasteiger partial charge in [0.1, 0.15) is 0 Å². The molecule has 0 atom stereocenters. The van der Waals surface area contributed by atoms with Crippen molar-refractivity contribution in [2.24, 2.45) is 5.92 Å². The highest BCUT2D eigenvalue weighted by atomic mass is 32.1. The average Bonchev–Trinajstić information content (AvgIpc) is 3.01. The molecular weight excluding hydrogens is 332 g/mol. The molecule has 0 aromatic carbocycles. The number of hydrogen-bond acceptors (Lipinski definition) is 5. The Morgan fingerprint density at radius 3 is 2.60 bits per heavy atom. The third kappa shape index (κ3) is 5.61. The van der Waals surface area contributed by atoms with Crippen LogP contribution in [0.1, 0.15) is 34.0 Å². The predicted octanol–water partition coefficient (Wildman–Crippen LogP) is 2.59. The lowest BCUT2D eigenvalue weighted by Gasteiger charge is -2.28. The van der Waals surface area contributed by atoms with Crippen LogP contribution in [0.3, 0.4) is 0 Å². The fraction of sp³-hybridized carbons (Fsp3) is 0.526. The predicted molar refractivity (Wildman–Crippen MR) is 101 cm³/mol. The standard InChI is InChI=1S/C19H26N4OS/c1-14-3-4-18(25-14)10-19(24)22-13-17-12-20-16(11-21-17)9-15-5-7-23(2)8-6-15/h3-4,11-12,15H,5-10,13H2,1-2H3,(H,22,24). The van der Waals surface area contributed by atoms with Crippen LogP contribution < -0.4 is 5.32 Å². The smallest absolute Gasteiger partial charge is 0.225 e. The Bertz CT molecular complexity index is 690. The minimum atomic E-state index is 0.0269. The van der Waals surface area contributed by atoms with Gasteiger partial charge in [0.05, 0.1) is 30.6 Å². The number of piperidine rings is 1. The quantitative estimate of drug-likeness (QED) is 0.862. The number of likely N-dealkylation sites (tertiary alicyclic amines) is 1. The maximum atomic E-state index is 12.0. The van der Waals surface area contributed by atoms with E-state index in [1.54, 1.807) is 17.5 Å². The third-order valence-corrected chi connectivity index (χ3v) is 5.69. The molecule has 1 saturated heterocycles. The Hall–Kier alpha value is -1.79. The van der Waals surface area contributed by atoms with E-state index in [1.807, 2.05) is 18.3 Å².